The summed E-state index contributed by atoms with van der Waals surface area (Å²) in [7, 11) is 0. The van der Waals surface area contributed by atoms with Crippen LogP contribution in [0, 0.1) is 11.3 Å². The number of carbonyl (C=O) groups excluding carboxylic acids is 1. The van der Waals surface area contributed by atoms with Gasteiger partial charge in [0.05, 0.1) is 29.8 Å². The summed E-state index contributed by atoms with van der Waals surface area (Å²) in [6.07, 6.45) is 1.78. The van der Waals surface area contributed by atoms with Crippen molar-refractivity contribution in [3.63, 3.8) is 0 Å². The number of fused-ring (bicyclic) bond motifs is 3. The lowest BCUT2D eigenvalue weighted by molar-refractivity contribution is 0.0638. The average Bonchev–Trinajstić information content (AvgIpc) is 3.15. The Morgan fingerprint density at radius 3 is 2.72 bits per heavy atom. The van der Waals surface area contributed by atoms with Crippen LogP contribution in [-0.4, -0.2) is 33.0 Å². The zero-order valence-electron chi connectivity index (χ0n) is 13.8. The lowest BCUT2D eigenvalue weighted by atomic mass is 10.0. The maximum absolute atomic E-state index is 12.9. The molecule has 25 heavy (non-hydrogen) atoms. The Morgan fingerprint density at radius 1 is 1.28 bits per heavy atom. The summed E-state index contributed by atoms with van der Waals surface area (Å²) >= 11 is 0. The van der Waals surface area contributed by atoms with E-state index in [0.29, 0.717) is 17.8 Å². The van der Waals surface area contributed by atoms with Gasteiger partial charge in [-0.3, -0.25) is 4.79 Å². The molecule has 0 radical (unpaired) electrons. The summed E-state index contributed by atoms with van der Waals surface area (Å²) in [6.45, 7) is 2.23. The molecule has 1 aromatic carbocycles. The lowest BCUT2D eigenvalue weighted by Crippen LogP contribution is -2.36. The molecule has 1 amide bonds. The van der Waals surface area contributed by atoms with Gasteiger partial charge in [-0.2, -0.15) is 5.26 Å². The van der Waals surface area contributed by atoms with Crippen LogP contribution in [-0.2, 0) is 6.54 Å². The van der Waals surface area contributed by atoms with Gasteiger partial charge in [0.25, 0.3) is 5.91 Å². The summed E-state index contributed by atoms with van der Waals surface area (Å²) in [4.78, 5) is 14.6. The molecule has 0 saturated heterocycles. The van der Waals surface area contributed by atoms with Crippen molar-refractivity contribution in [1.29, 1.82) is 5.26 Å². The van der Waals surface area contributed by atoms with Crippen molar-refractivity contribution >= 4 is 11.4 Å². The van der Waals surface area contributed by atoms with Gasteiger partial charge in [-0.05, 0) is 24.6 Å². The van der Waals surface area contributed by atoms with Gasteiger partial charge in [-0.1, -0.05) is 30.3 Å². The molecule has 3 aromatic rings. The lowest BCUT2D eigenvalue weighted by Gasteiger charge is -2.23. The predicted octanol–water partition coefficient (Wildman–Crippen LogP) is 2.81. The summed E-state index contributed by atoms with van der Waals surface area (Å²) < 4.78 is 1.87. The maximum atomic E-state index is 12.9. The number of rotatable bonds is 3. The Hall–Kier alpha value is -3.10. The highest BCUT2D eigenvalue weighted by Gasteiger charge is 2.36. The summed E-state index contributed by atoms with van der Waals surface area (Å²) in [5.41, 5.74) is 5.00. The van der Waals surface area contributed by atoms with Crippen molar-refractivity contribution in [3.05, 3.63) is 65.5 Å². The zero-order valence-corrected chi connectivity index (χ0v) is 13.8. The molecule has 5 nitrogen and oxygen atoms in total. The van der Waals surface area contributed by atoms with Crippen LogP contribution in [0.2, 0.25) is 0 Å². The third-order valence-electron chi connectivity index (χ3n) is 4.82. The first-order valence-electron chi connectivity index (χ1n) is 8.20. The molecule has 0 fully saturated rings. The van der Waals surface area contributed by atoms with Gasteiger partial charge in [0.2, 0.25) is 0 Å². The van der Waals surface area contributed by atoms with Crippen molar-refractivity contribution in [1.82, 2.24) is 9.30 Å². The Bertz CT molecular complexity index is 1010. The Kier molecular flexibility index (Phi) is 3.56. The first kappa shape index (κ1) is 15.4. The molecular weight excluding hydrogens is 314 g/mol. The standard InChI is InChI=1S/C20H17N3O2/c1-13(12-24)23-11-16-18(15-5-3-2-4-6-15)17-9-14(10-21)7-8-22(17)19(16)20(23)25/h2-9,13,24H,11-12H2,1H3. The first-order valence-corrected chi connectivity index (χ1v) is 8.20. The van der Waals surface area contributed by atoms with E-state index in [4.69, 9.17) is 0 Å². The van der Waals surface area contributed by atoms with E-state index in [-0.39, 0.29) is 18.6 Å². The molecule has 0 bridgehead atoms. The van der Waals surface area contributed by atoms with Crippen molar-refractivity contribution in [2.24, 2.45) is 0 Å². The largest absolute Gasteiger partial charge is 0.394 e. The number of carbonyl (C=O) groups is 1. The zero-order chi connectivity index (χ0) is 17.6. The van der Waals surface area contributed by atoms with Gasteiger partial charge >= 0.3 is 0 Å². The monoisotopic (exact) mass is 331 g/mol. The summed E-state index contributed by atoms with van der Waals surface area (Å²) in [5.74, 6) is -0.0848. The number of aromatic nitrogens is 1. The normalized spacial score (nSPS) is 14.6. The van der Waals surface area contributed by atoms with Gasteiger partial charge in [-0.25, -0.2) is 0 Å². The van der Waals surface area contributed by atoms with Crippen LogP contribution in [0.1, 0.15) is 28.5 Å². The molecule has 1 aliphatic heterocycles. The van der Waals surface area contributed by atoms with Crippen LogP contribution in [0.5, 0.6) is 0 Å². The number of nitriles is 1. The van der Waals surface area contributed by atoms with Crippen molar-refractivity contribution in [2.45, 2.75) is 19.5 Å². The number of aliphatic hydroxyl groups is 1. The highest BCUT2D eigenvalue weighted by molar-refractivity contribution is 6.04. The fourth-order valence-corrected chi connectivity index (χ4v) is 3.52. The van der Waals surface area contributed by atoms with E-state index in [1.54, 1.807) is 17.2 Å². The predicted molar refractivity (Wildman–Crippen MR) is 94.0 cm³/mol. The fraction of sp³-hybridized carbons (Fsp3) is 0.200. The molecule has 0 spiro atoms. The van der Waals surface area contributed by atoms with Crippen LogP contribution in [0.15, 0.2) is 48.7 Å². The van der Waals surface area contributed by atoms with Crippen LogP contribution < -0.4 is 0 Å². The second-order valence-electron chi connectivity index (χ2n) is 6.32. The van der Waals surface area contributed by atoms with Crippen LogP contribution in [0.4, 0.5) is 0 Å². The minimum absolute atomic E-state index is 0.0716. The maximum Gasteiger partial charge on any atom is 0.271 e. The second-order valence-corrected chi connectivity index (χ2v) is 6.32. The SMILES string of the molecule is CC(CO)N1Cc2c(-c3ccccc3)c3cc(C#N)ccn3c2C1=O. The molecule has 3 heterocycles. The smallest absolute Gasteiger partial charge is 0.271 e. The minimum atomic E-state index is -0.238. The van der Waals surface area contributed by atoms with Crippen molar-refractivity contribution in [2.75, 3.05) is 6.61 Å². The van der Waals surface area contributed by atoms with E-state index in [1.807, 2.05) is 47.7 Å². The fourth-order valence-electron chi connectivity index (χ4n) is 3.52. The van der Waals surface area contributed by atoms with Gasteiger partial charge < -0.3 is 14.4 Å². The molecule has 4 rings (SSSR count). The van der Waals surface area contributed by atoms with E-state index in [9.17, 15) is 15.2 Å². The summed E-state index contributed by atoms with van der Waals surface area (Å²) in [6, 6.07) is 15.4. The Morgan fingerprint density at radius 2 is 2.04 bits per heavy atom. The number of hydrogen-bond acceptors (Lipinski definition) is 3. The third-order valence-corrected chi connectivity index (χ3v) is 4.82. The second kappa shape index (κ2) is 5.76. The van der Waals surface area contributed by atoms with Crippen LogP contribution in [0.3, 0.4) is 0 Å². The van der Waals surface area contributed by atoms with Crippen LogP contribution in [0.25, 0.3) is 16.6 Å². The Balaban J connectivity index is 2.01. The molecule has 1 N–H and O–H groups in total. The topological polar surface area (TPSA) is 68.7 Å². The first-order chi connectivity index (χ1) is 12.2. The molecular formula is C20H17N3O2. The van der Waals surface area contributed by atoms with E-state index < -0.39 is 0 Å². The molecule has 0 aliphatic carbocycles. The molecule has 2 aromatic heterocycles. The Labute approximate surface area is 145 Å². The molecule has 0 saturated carbocycles. The third kappa shape index (κ3) is 2.23. The quantitative estimate of drug-likeness (QED) is 0.802. The van der Waals surface area contributed by atoms with Gasteiger partial charge in [-0.15, -0.1) is 0 Å². The number of hydrogen-bond donors (Lipinski definition) is 1. The number of aliphatic hydroxyl groups excluding tert-OH is 1. The molecule has 1 unspecified atom stereocenters. The van der Waals surface area contributed by atoms with E-state index in [1.165, 1.54) is 0 Å². The molecule has 124 valence electrons. The van der Waals surface area contributed by atoms with Gasteiger partial charge in [0, 0.05) is 23.9 Å². The number of pyridine rings is 1. The number of benzene rings is 1. The number of nitrogens with zero attached hydrogens (tertiary/aromatic N) is 3. The number of amides is 1. The molecule has 5 heteroatoms. The van der Waals surface area contributed by atoms with Crippen LogP contribution >= 0.6 is 0 Å². The van der Waals surface area contributed by atoms with E-state index in [2.05, 4.69) is 6.07 Å². The van der Waals surface area contributed by atoms with E-state index in [0.717, 1.165) is 22.2 Å². The molecule has 1 aliphatic rings. The summed E-state index contributed by atoms with van der Waals surface area (Å²) in [5, 5.41) is 18.7. The average molecular weight is 331 g/mol. The van der Waals surface area contributed by atoms with E-state index >= 15 is 0 Å². The minimum Gasteiger partial charge on any atom is -0.394 e. The van der Waals surface area contributed by atoms with Gasteiger partial charge in [0.1, 0.15) is 5.69 Å². The highest BCUT2D eigenvalue weighted by Crippen LogP contribution is 2.39. The van der Waals surface area contributed by atoms with Gasteiger partial charge in [0.15, 0.2) is 0 Å². The van der Waals surface area contributed by atoms with Crippen molar-refractivity contribution in [3.8, 4) is 17.2 Å². The van der Waals surface area contributed by atoms with Crippen molar-refractivity contribution < 1.29 is 9.90 Å². The molecule has 1 atom stereocenters. The highest BCUT2D eigenvalue weighted by atomic mass is 16.3.